The van der Waals surface area contributed by atoms with Gasteiger partial charge >= 0.3 is 0 Å². The lowest BCUT2D eigenvalue weighted by Gasteiger charge is -2.13. The monoisotopic (exact) mass is 382 g/mol. The fraction of sp³-hybridized carbons (Fsp3) is 0.0476. The van der Waals surface area contributed by atoms with Gasteiger partial charge in [0.2, 0.25) is 0 Å². The van der Waals surface area contributed by atoms with Gasteiger partial charge in [0, 0.05) is 11.3 Å². The lowest BCUT2D eigenvalue weighted by Crippen LogP contribution is -2.17. The number of halogens is 2. The van der Waals surface area contributed by atoms with Crippen molar-refractivity contribution in [2.75, 3.05) is 17.7 Å². The Hall–Kier alpha value is -3.74. The van der Waals surface area contributed by atoms with Crippen LogP contribution in [0.15, 0.2) is 66.7 Å². The molecule has 0 saturated carbocycles. The molecule has 0 saturated heterocycles. The second-order valence-corrected chi connectivity index (χ2v) is 5.79. The number of benzene rings is 3. The fourth-order valence-corrected chi connectivity index (χ4v) is 2.58. The Bertz CT molecular complexity index is 1000. The van der Waals surface area contributed by atoms with Crippen LogP contribution >= 0.6 is 0 Å². The van der Waals surface area contributed by atoms with Crippen LogP contribution in [0, 0.1) is 11.6 Å². The summed E-state index contributed by atoms with van der Waals surface area (Å²) in [7, 11) is 1.43. The van der Waals surface area contributed by atoms with Crippen LogP contribution < -0.4 is 15.4 Å². The molecule has 7 heteroatoms. The number of rotatable bonds is 5. The molecule has 0 aliphatic carbocycles. The molecule has 0 fully saturated rings. The van der Waals surface area contributed by atoms with Crippen LogP contribution in [0.4, 0.5) is 20.2 Å². The maximum absolute atomic E-state index is 13.8. The Kier molecular flexibility index (Phi) is 5.64. The standard InChI is InChI=1S/C21H16F2N2O3/c1-28-18-11-10-14(24-21(27)19-15(22)8-5-9-16(19)23)12-17(18)25-20(26)13-6-3-2-4-7-13/h2-12H,1H3,(H,24,27)(H,25,26). The summed E-state index contributed by atoms with van der Waals surface area (Å²) in [4.78, 5) is 24.6. The quantitative estimate of drug-likeness (QED) is 0.684. The number of nitrogens with one attached hydrogen (secondary N) is 2. The predicted octanol–water partition coefficient (Wildman–Crippen LogP) is 4.48. The highest BCUT2D eigenvalue weighted by Gasteiger charge is 2.18. The topological polar surface area (TPSA) is 67.4 Å². The van der Waals surface area contributed by atoms with Crippen LogP contribution in [-0.4, -0.2) is 18.9 Å². The van der Waals surface area contributed by atoms with Crippen LogP contribution in [0.1, 0.15) is 20.7 Å². The molecule has 0 unspecified atom stereocenters. The molecular formula is C21H16F2N2O3. The third-order valence-electron chi connectivity index (χ3n) is 3.93. The summed E-state index contributed by atoms with van der Waals surface area (Å²) in [5, 5.41) is 5.11. The second-order valence-electron chi connectivity index (χ2n) is 5.79. The van der Waals surface area contributed by atoms with Crippen molar-refractivity contribution in [3.8, 4) is 5.75 Å². The van der Waals surface area contributed by atoms with E-state index in [1.54, 1.807) is 30.3 Å². The molecule has 0 spiro atoms. The summed E-state index contributed by atoms with van der Waals surface area (Å²) in [5.74, 6) is -2.89. The highest BCUT2D eigenvalue weighted by molar-refractivity contribution is 6.07. The van der Waals surface area contributed by atoms with Crippen molar-refractivity contribution in [1.29, 1.82) is 0 Å². The minimum absolute atomic E-state index is 0.233. The molecule has 28 heavy (non-hydrogen) atoms. The Morgan fingerprint density at radius 2 is 1.50 bits per heavy atom. The van der Waals surface area contributed by atoms with E-state index < -0.39 is 23.1 Å². The van der Waals surface area contributed by atoms with Gasteiger partial charge in [0.15, 0.2) is 0 Å². The first-order valence-corrected chi connectivity index (χ1v) is 8.29. The van der Waals surface area contributed by atoms with E-state index in [-0.39, 0.29) is 11.6 Å². The normalized spacial score (nSPS) is 10.2. The van der Waals surface area contributed by atoms with Crippen LogP contribution in [0.2, 0.25) is 0 Å². The van der Waals surface area contributed by atoms with E-state index in [1.165, 1.54) is 31.4 Å². The van der Waals surface area contributed by atoms with E-state index >= 15 is 0 Å². The van der Waals surface area contributed by atoms with Crippen molar-refractivity contribution in [2.24, 2.45) is 0 Å². The predicted molar refractivity (Wildman–Crippen MR) is 102 cm³/mol. The summed E-state index contributed by atoms with van der Waals surface area (Å²) in [5.41, 5.74) is 0.278. The van der Waals surface area contributed by atoms with Crippen molar-refractivity contribution < 1.29 is 23.1 Å². The Morgan fingerprint density at radius 3 is 2.14 bits per heavy atom. The molecule has 0 heterocycles. The lowest BCUT2D eigenvalue weighted by molar-refractivity contribution is 0.101. The number of amides is 2. The molecule has 2 amide bonds. The molecule has 0 aliphatic rings. The van der Waals surface area contributed by atoms with Crippen molar-refractivity contribution in [1.82, 2.24) is 0 Å². The van der Waals surface area contributed by atoms with Gasteiger partial charge in [-0.1, -0.05) is 24.3 Å². The minimum Gasteiger partial charge on any atom is -0.495 e. The van der Waals surface area contributed by atoms with Gasteiger partial charge in [-0.05, 0) is 42.5 Å². The van der Waals surface area contributed by atoms with E-state index in [1.807, 2.05) is 0 Å². The Labute approximate surface area is 160 Å². The first kappa shape index (κ1) is 19.0. The molecule has 3 rings (SSSR count). The number of carbonyl (C=O) groups excluding carboxylic acids is 2. The second kappa shape index (κ2) is 8.30. The number of hydrogen-bond donors (Lipinski definition) is 2. The average molecular weight is 382 g/mol. The molecule has 0 radical (unpaired) electrons. The molecule has 0 bridgehead atoms. The van der Waals surface area contributed by atoms with Crippen LogP contribution in [0.25, 0.3) is 0 Å². The van der Waals surface area contributed by atoms with Crippen molar-refractivity contribution in [3.63, 3.8) is 0 Å². The van der Waals surface area contributed by atoms with Crippen molar-refractivity contribution in [3.05, 3.63) is 89.5 Å². The molecule has 142 valence electrons. The summed E-state index contributed by atoms with van der Waals surface area (Å²) in [6, 6.07) is 16.2. The van der Waals surface area contributed by atoms with Gasteiger partial charge in [0.05, 0.1) is 12.8 Å². The molecule has 2 N–H and O–H groups in total. The zero-order chi connectivity index (χ0) is 20.1. The fourth-order valence-electron chi connectivity index (χ4n) is 2.58. The van der Waals surface area contributed by atoms with Crippen molar-refractivity contribution in [2.45, 2.75) is 0 Å². The van der Waals surface area contributed by atoms with E-state index in [9.17, 15) is 18.4 Å². The van der Waals surface area contributed by atoms with Crippen LogP contribution in [-0.2, 0) is 0 Å². The van der Waals surface area contributed by atoms with E-state index in [0.717, 1.165) is 12.1 Å². The van der Waals surface area contributed by atoms with Crippen LogP contribution in [0.5, 0.6) is 5.75 Å². The summed E-state index contributed by atoms with van der Waals surface area (Å²) in [6.45, 7) is 0. The molecule has 0 aromatic heterocycles. The maximum atomic E-state index is 13.8. The lowest BCUT2D eigenvalue weighted by atomic mass is 10.1. The third-order valence-corrected chi connectivity index (χ3v) is 3.93. The number of carbonyl (C=O) groups is 2. The van der Waals surface area contributed by atoms with Gasteiger partial charge in [-0.15, -0.1) is 0 Å². The first-order chi connectivity index (χ1) is 13.5. The first-order valence-electron chi connectivity index (χ1n) is 8.29. The van der Waals surface area contributed by atoms with Crippen molar-refractivity contribution >= 4 is 23.2 Å². The summed E-state index contributed by atoms with van der Waals surface area (Å²) < 4.78 is 32.8. The Morgan fingerprint density at radius 1 is 0.821 bits per heavy atom. The van der Waals surface area contributed by atoms with Crippen LogP contribution in [0.3, 0.4) is 0 Å². The molecule has 3 aromatic rings. The van der Waals surface area contributed by atoms with Gasteiger partial charge < -0.3 is 15.4 Å². The Balaban J connectivity index is 1.85. The zero-order valence-electron chi connectivity index (χ0n) is 14.8. The highest BCUT2D eigenvalue weighted by Crippen LogP contribution is 2.29. The number of anilines is 2. The van der Waals surface area contributed by atoms with Gasteiger partial charge in [-0.2, -0.15) is 0 Å². The SMILES string of the molecule is COc1ccc(NC(=O)c2c(F)cccc2F)cc1NC(=O)c1ccccc1. The van der Waals surface area contributed by atoms with Gasteiger partial charge in [-0.25, -0.2) is 8.78 Å². The van der Waals surface area contributed by atoms with Gasteiger partial charge in [0.1, 0.15) is 22.9 Å². The average Bonchev–Trinajstić information content (AvgIpc) is 2.69. The van der Waals surface area contributed by atoms with E-state index in [2.05, 4.69) is 10.6 Å². The zero-order valence-corrected chi connectivity index (χ0v) is 14.8. The molecule has 0 atom stereocenters. The highest BCUT2D eigenvalue weighted by atomic mass is 19.1. The van der Waals surface area contributed by atoms with E-state index in [4.69, 9.17) is 4.74 Å². The molecule has 5 nitrogen and oxygen atoms in total. The molecule has 0 aliphatic heterocycles. The number of hydrogen-bond acceptors (Lipinski definition) is 3. The summed E-state index contributed by atoms with van der Waals surface area (Å²) >= 11 is 0. The van der Waals surface area contributed by atoms with Gasteiger partial charge in [0.25, 0.3) is 11.8 Å². The number of ether oxygens (including phenoxy) is 1. The summed E-state index contributed by atoms with van der Waals surface area (Å²) in [6.07, 6.45) is 0. The molecule has 3 aromatic carbocycles. The van der Waals surface area contributed by atoms with Gasteiger partial charge in [-0.3, -0.25) is 9.59 Å². The number of methoxy groups -OCH3 is 1. The minimum atomic E-state index is -0.969. The largest absolute Gasteiger partial charge is 0.495 e. The smallest absolute Gasteiger partial charge is 0.261 e. The maximum Gasteiger partial charge on any atom is 0.261 e. The molecular weight excluding hydrogens is 366 g/mol. The van der Waals surface area contributed by atoms with E-state index in [0.29, 0.717) is 17.0 Å². The third kappa shape index (κ3) is 4.15.